The van der Waals surface area contributed by atoms with Crippen LogP contribution in [0.15, 0.2) is 0 Å². The Morgan fingerprint density at radius 1 is 1.19 bits per heavy atom. The molecule has 2 heteroatoms. The average Bonchev–Trinajstić information content (AvgIpc) is 2.29. The zero-order valence-electron chi connectivity index (χ0n) is 10.9. The lowest BCUT2D eigenvalue weighted by Crippen LogP contribution is -2.47. The lowest BCUT2D eigenvalue weighted by molar-refractivity contribution is 0.116. The quantitative estimate of drug-likeness (QED) is 0.785. The van der Waals surface area contributed by atoms with Gasteiger partial charge >= 0.3 is 0 Å². The third kappa shape index (κ3) is 2.76. The second-order valence-electron chi connectivity index (χ2n) is 5.75. The molecule has 0 aromatic carbocycles. The molecule has 16 heavy (non-hydrogen) atoms. The summed E-state index contributed by atoms with van der Waals surface area (Å²) in [6.07, 6.45) is 13.8. The molecule has 0 heterocycles. The van der Waals surface area contributed by atoms with Crippen LogP contribution in [0.2, 0.25) is 0 Å². The molecule has 0 saturated heterocycles. The minimum Gasteiger partial charge on any atom is -0.312 e. The van der Waals surface area contributed by atoms with Gasteiger partial charge in [0, 0.05) is 17.8 Å². The van der Waals surface area contributed by atoms with Crippen molar-refractivity contribution in [1.29, 1.82) is 0 Å². The van der Waals surface area contributed by atoms with Crippen molar-refractivity contribution >= 4 is 11.8 Å². The Hall–Kier alpha value is 0.310. The molecule has 0 aliphatic heterocycles. The molecule has 0 spiro atoms. The number of nitrogens with one attached hydrogen (secondary N) is 1. The van der Waals surface area contributed by atoms with E-state index in [4.69, 9.17) is 0 Å². The molecule has 2 aliphatic carbocycles. The van der Waals surface area contributed by atoms with Crippen LogP contribution < -0.4 is 5.32 Å². The molecular formula is C14H27NS. The van der Waals surface area contributed by atoms with Gasteiger partial charge in [0.1, 0.15) is 0 Å². The molecule has 2 saturated carbocycles. The van der Waals surface area contributed by atoms with E-state index < -0.39 is 0 Å². The van der Waals surface area contributed by atoms with Gasteiger partial charge in [-0.15, -0.1) is 0 Å². The predicted octanol–water partition coefficient (Wildman–Crippen LogP) is 3.83. The van der Waals surface area contributed by atoms with E-state index in [2.05, 4.69) is 30.3 Å². The lowest BCUT2D eigenvalue weighted by atomic mass is 9.67. The SMILES string of the molecule is CCC1(CNC2CCCCC2SC)CCC1. The molecule has 0 amide bonds. The Morgan fingerprint density at radius 3 is 2.50 bits per heavy atom. The second kappa shape index (κ2) is 5.77. The van der Waals surface area contributed by atoms with E-state index in [1.54, 1.807) is 0 Å². The van der Waals surface area contributed by atoms with Crippen molar-refractivity contribution < 1.29 is 0 Å². The van der Waals surface area contributed by atoms with Gasteiger partial charge in [-0.25, -0.2) is 0 Å². The van der Waals surface area contributed by atoms with Crippen LogP contribution in [0.4, 0.5) is 0 Å². The van der Waals surface area contributed by atoms with Gasteiger partial charge in [0.15, 0.2) is 0 Å². The fraction of sp³-hybridized carbons (Fsp3) is 1.00. The van der Waals surface area contributed by atoms with Gasteiger partial charge in [-0.05, 0) is 43.8 Å². The maximum Gasteiger partial charge on any atom is 0.0198 e. The topological polar surface area (TPSA) is 12.0 Å². The smallest absolute Gasteiger partial charge is 0.0198 e. The van der Waals surface area contributed by atoms with E-state index in [1.165, 1.54) is 57.9 Å². The van der Waals surface area contributed by atoms with Crippen LogP contribution in [-0.4, -0.2) is 24.1 Å². The molecule has 2 unspecified atom stereocenters. The summed E-state index contributed by atoms with van der Waals surface area (Å²) in [5.74, 6) is 0. The van der Waals surface area contributed by atoms with E-state index in [-0.39, 0.29) is 0 Å². The fourth-order valence-corrected chi connectivity index (χ4v) is 4.26. The Bertz CT molecular complexity index is 207. The van der Waals surface area contributed by atoms with Gasteiger partial charge in [0.25, 0.3) is 0 Å². The molecule has 0 bridgehead atoms. The second-order valence-corrected chi connectivity index (χ2v) is 6.83. The lowest BCUT2D eigenvalue weighted by Gasteiger charge is -2.43. The normalized spacial score (nSPS) is 33.4. The molecule has 0 aromatic rings. The van der Waals surface area contributed by atoms with Gasteiger partial charge in [0.2, 0.25) is 0 Å². The van der Waals surface area contributed by atoms with Crippen LogP contribution in [0.5, 0.6) is 0 Å². The minimum atomic E-state index is 0.681. The van der Waals surface area contributed by atoms with Crippen molar-refractivity contribution in [3.05, 3.63) is 0 Å². The van der Waals surface area contributed by atoms with Gasteiger partial charge in [-0.3, -0.25) is 0 Å². The van der Waals surface area contributed by atoms with Crippen LogP contribution in [0, 0.1) is 5.41 Å². The van der Waals surface area contributed by atoms with E-state index in [0.29, 0.717) is 5.41 Å². The molecule has 1 nitrogen and oxygen atoms in total. The number of hydrogen-bond acceptors (Lipinski definition) is 2. The third-order valence-electron chi connectivity index (χ3n) is 4.91. The first kappa shape index (κ1) is 12.8. The summed E-state index contributed by atoms with van der Waals surface area (Å²) in [7, 11) is 0. The summed E-state index contributed by atoms with van der Waals surface area (Å²) < 4.78 is 0. The van der Waals surface area contributed by atoms with E-state index in [0.717, 1.165) is 11.3 Å². The molecule has 2 aliphatic rings. The Morgan fingerprint density at radius 2 is 1.94 bits per heavy atom. The van der Waals surface area contributed by atoms with Crippen LogP contribution in [-0.2, 0) is 0 Å². The number of hydrogen-bond donors (Lipinski definition) is 1. The predicted molar refractivity (Wildman–Crippen MR) is 74.1 cm³/mol. The molecule has 0 radical (unpaired) electrons. The summed E-state index contributed by atoms with van der Waals surface area (Å²) in [5.41, 5.74) is 0.681. The fourth-order valence-electron chi connectivity index (χ4n) is 3.29. The van der Waals surface area contributed by atoms with Crippen molar-refractivity contribution in [2.24, 2.45) is 5.41 Å². The molecule has 2 rings (SSSR count). The van der Waals surface area contributed by atoms with Gasteiger partial charge < -0.3 is 5.32 Å². The summed E-state index contributed by atoms with van der Waals surface area (Å²) in [6.45, 7) is 3.65. The van der Waals surface area contributed by atoms with E-state index in [9.17, 15) is 0 Å². The van der Waals surface area contributed by atoms with Gasteiger partial charge in [-0.1, -0.05) is 26.2 Å². The molecule has 94 valence electrons. The zero-order chi connectivity index (χ0) is 11.4. The maximum absolute atomic E-state index is 3.90. The third-order valence-corrected chi connectivity index (χ3v) is 6.08. The van der Waals surface area contributed by atoms with Crippen LogP contribution in [0.1, 0.15) is 58.3 Å². The zero-order valence-corrected chi connectivity index (χ0v) is 11.7. The highest BCUT2D eigenvalue weighted by Crippen LogP contribution is 2.43. The van der Waals surface area contributed by atoms with E-state index in [1.807, 2.05) is 0 Å². The monoisotopic (exact) mass is 241 g/mol. The van der Waals surface area contributed by atoms with Crippen molar-refractivity contribution in [2.45, 2.75) is 69.6 Å². The summed E-state index contributed by atoms with van der Waals surface area (Å²) in [4.78, 5) is 0. The first-order valence-electron chi connectivity index (χ1n) is 7.06. The number of rotatable bonds is 5. The molecule has 2 fully saturated rings. The first-order chi connectivity index (χ1) is 7.79. The van der Waals surface area contributed by atoms with Crippen molar-refractivity contribution in [1.82, 2.24) is 5.32 Å². The summed E-state index contributed by atoms with van der Waals surface area (Å²) in [5, 5.41) is 4.77. The highest BCUT2D eigenvalue weighted by Gasteiger charge is 2.36. The molecular weight excluding hydrogens is 214 g/mol. The first-order valence-corrected chi connectivity index (χ1v) is 8.35. The largest absolute Gasteiger partial charge is 0.312 e. The average molecular weight is 241 g/mol. The molecule has 2 atom stereocenters. The van der Waals surface area contributed by atoms with Gasteiger partial charge in [0.05, 0.1) is 0 Å². The van der Waals surface area contributed by atoms with Crippen LogP contribution in [0.25, 0.3) is 0 Å². The summed E-state index contributed by atoms with van der Waals surface area (Å²) >= 11 is 2.08. The van der Waals surface area contributed by atoms with Crippen LogP contribution in [0.3, 0.4) is 0 Å². The van der Waals surface area contributed by atoms with Gasteiger partial charge in [-0.2, -0.15) is 11.8 Å². The molecule has 0 aromatic heterocycles. The Labute approximate surface area is 105 Å². The van der Waals surface area contributed by atoms with Crippen molar-refractivity contribution in [2.75, 3.05) is 12.8 Å². The van der Waals surface area contributed by atoms with Crippen LogP contribution >= 0.6 is 11.8 Å². The highest BCUT2D eigenvalue weighted by atomic mass is 32.2. The van der Waals surface area contributed by atoms with Crippen molar-refractivity contribution in [3.8, 4) is 0 Å². The Kier molecular flexibility index (Phi) is 4.60. The standard InChI is InChI=1S/C14H27NS/c1-3-14(9-6-10-14)11-15-12-7-4-5-8-13(12)16-2/h12-13,15H,3-11H2,1-2H3. The minimum absolute atomic E-state index is 0.681. The number of thioether (sulfide) groups is 1. The van der Waals surface area contributed by atoms with Crippen molar-refractivity contribution in [3.63, 3.8) is 0 Å². The summed E-state index contributed by atoms with van der Waals surface area (Å²) in [6, 6.07) is 0.799. The van der Waals surface area contributed by atoms with E-state index >= 15 is 0 Å². The molecule has 1 N–H and O–H groups in total. The maximum atomic E-state index is 3.90. The highest BCUT2D eigenvalue weighted by molar-refractivity contribution is 7.99. The Balaban J connectivity index is 1.79.